The second-order valence-electron chi connectivity index (χ2n) is 5.75. The van der Waals surface area contributed by atoms with Crippen LogP contribution in [-0.2, 0) is 0 Å². The van der Waals surface area contributed by atoms with Crippen LogP contribution in [0.1, 0.15) is 65.2 Å². The van der Waals surface area contributed by atoms with Crippen molar-refractivity contribution >= 4 is 16.9 Å². The highest BCUT2D eigenvalue weighted by atomic mass is 32.2. The number of allylic oxidation sites excluding steroid dienone is 1. The Morgan fingerprint density at radius 2 is 2.11 bits per heavy atom. The second kappa shape index (κ2) is 7.98. The summed E-state index contributed by atoms with van der Waals surface area (Å²) in [5, 5.41) is 3.59. The van der Waals surface area contributed by atoms with E-state index >= 15 is 0 Å². The fourth-order valence-corrected chi connectivity index (χ4v) is 4.02. The Morgan fingerprint density at radius 1 is 1.21 bits per heavy atom. The summed E-state index contributed by atoms with van der Waals surface area (Å²) in [6.45, 7) is 6.72. The molecule has 2 aliphatic heterocycles. The molecule has 0 radical (unpaired) electrons. The summed E-state index contributed by atoms with van der Waals surface area (Å²) >= 11 is 1.83. The van der Waals surface area contributed by atoms with Gasteiger partial charge in [0.15, 0.2) is 5.17 Å². The number of aliphatic imine (C=N–C) groups is 1. The molecular formula is C16H28N2S. The lowest BCUT2D eigenvalue weighted by molar-refractivity contribution is 0.388. The Hall–Kier alpha value is -0.440. The molecular weight excluding hydrogens is 252 g/mol. The molecule has 0 aromatic carbocycles. The molecule has 2 nitrogen and oxygen atoms in total. The summed E-state index contributed by atoms with van der Waals surface area (Å²) in [7, 11) is 0. The number of hydrogen-bond acceptors (Lipinski definition) is 3. The van der Waals surface area contributed by atoms with Gasteiger partial charge < -0.3 is 4.90 Å². The minimum atomic E-state index is 0.883. The van der Waals surface area contributed by atoms with Gasteiger partial charge in [0, 0.05) is 12.2 Å². The van der Waals surface area contributed by atoms with Crippen molar-refractivity contribution in [2.75, 3.05) is 13.1 Å². The first-order chi connectivity index (χ1) is 9.35. The normalized spacial score (nSPS) is 19.4. The number of hydrogen-bond donors (Lipinski definition) is 0. The van der Waals surface area contributed by atoms with Gasteiger partial charge >= 0.3 is 0 Å². The monoisotopic (exact) mass is 280 g/mol. The maximum absolute atomic E-state index is 4.54. The summed E-state index contributed by atoms with van der Waals surface area (Å²) in [4.78, 5) is 6.98. The highest BCUT2D eigenvalue weighted by molar-refractivity contribution is 8.16. The molecule has 108 valence electrons. The van der Waals surface area contributed by atoms with Crippen molar-refractivity contribution in [2.24, 2.45) is 10.9 Å². The molecule has 19 heavy (non-hydrogen) atoms. The molecule has 0 N–H and O–H groups in total. The molecule has 2 heterocycles. The molecule has 2 aliphatic rings. The molecule has 0 aromatic rings. The standard InChI is InChI=1S/C16H28N2S/c1-3-5-6-7-9-14(8-4-2)12-15-13-19-16-17-10-11-18(15)16/h13-14H,3-12H2,1-2H3. The lowest BCUT2D eigenvalue weighted by Gasteiger charge is -2.22. The topological polar surface area (TPSA) is 15.6 Å². The van der Waals surface area contributed by atoms with Gasteiger partial charge in [-0.3, -0.25) is 4.99 Å². The largest absolute Gasteiger partial charge is 0.322 e. The van der Waals surface area contributed by atoms with Gasteiger partial charge in [-0.1, -0.05) is 70.6 Å². The van der Waals surface area contributed by atoms with Crippen LogP contribution in [0, 0.1) is 5.92 Å². The first-order valence-electron chi connectivity index (χ1n) is 8.02. The molecule has 0 amide bonds. The molecule has 1 unspecified atom stereocenters. The van der Waals surface area contributed by atoms with E-state index in [1.165, 1.54) is 62.2 Å². The van der Waals surface area contributed by atoms with Crippen LogP contribution in [0.25, 0.3) is 0 Å². The van der Waals surface area contributed by atoms with Gasteiger partial charge in [-0.05, 0) is 17.7 Å². The van der Waals surface area contributed by atoms with Crippen LogP contribution in [0.15, 0.2) is 16.1 Å². The van der Waals surface area contributed by atoms with E-state index in [1.54, 1.807) is 0 Å². The minimum Gasteiger partial charge on any atom is -0.322 e. The first kappa shape index (κ1) is 15.0. The molecule has 1 atom stereocenters. The van der Waals surface area contributed by atoms with Crippen LogP contribution in [0.5, 0.6) is 0 Å². The van der Waals surface area contributed by atoms with Crippen molar-refractivity contribution in [3.63, 3.8) is 0 Å². The van der Waals surface area contributed by atoms with Crippen LogP contribution in [0.2, 0.25) is 0 Å². The van der Waals surface area contributed by atoms with E-state index in [4.69, 9.17) is 0 Å². The van der Waals surface area contributed by atoms with Crippen molar-refractivity contribution in [1.82, 2.24) is 4.90 Å². The van der Waals surface area contributed by atoms with Gasteiger partial charge in [0.2, 0.25) is 0 Å². The van der Waals surface area contributed by atoms with Crippen LogP contribution in [-0.4, -0.2) is 23.2 Å². The molecule has 0 aliphatic carbocycles. The fraction of sp³-hybridized carbons (Fsp3) is 0.812. The lowest BCUT2D eigenvalue weighted by Crippen LogP contribution is -2.22. The predicted molar refractivity (Wildman–Crippen MR) is 86.5 cm³/mol. The van der Waals surface area contributed by atoms with E-state index in [0.717, 1.165) is 19.0 Å². The highest BCUT2D eigenvalue weighted by Crippen LogP contribution is 2.34. The van der Waals surface area contributed by atoms with Crippen molar-refractivity contribution in [3.8, 4) is 0 Å². The predicted octanol–water partition coefficient (Wildman–Crippen LogP) is 5.02. The number of amidine groups is 1. The van der Waals surface area contributed by atoms with E-state index in [1.807, 2.05) is 11.8 Å². The van der Waals surface area contributed by atoms with Gasteiger partial charge in [-0.25, -0.2) is 0 Å². The summed E-state index contributed by atoms with van der Waals surface area (Å²) in [6.07, 6.45) is 11.0. The zero-order valence-corrected chi connectivity index (χ0v) is 13.3. The molecule has 0 fully saturated rings. The molecule has 3 heteroatoms. The van der Waals surface area contributed by atoms with Crippen molar-refractivity contribution < 1.29 is 0 Å². The number of fused-ring (bicyclic) bond motifs is 1. The summed E-state index contributed by atoms with van der Waals surface area (Å²) < 4.78 is 0. The van der Waals surface area contributed by atoms with Crippen molar-refractivity contribution in [3.05, 3.63) is 11.1 Å². The molecule has 0 saturated heterocycles. The van der Waals surface area contributed by atoms with Crippen LogP contribution in [0.4, 0.5) is 0 Å². The minimum absolute atomic E-state index is 0.883. The maximum atomic E-state index is 4.54. The summed E-state index contributed by atoms with van der Waals surface area (Å²) in [5.74, 6) is 0.883. The molecule has 2 rings (SSSR count). The Morgan fingerprint density at radius 3 is 2.89 bits per heavy atom. The zero-order valence-electron chi connectivity index (χ0n) is 12.5. The molecule has 0 aromatic heterocycles. The van der Waals surface area contributed by atoms with Crippen molar-refractivity contribution in [2.45, 2.75) is 65.2 Å². The SMILES string of the molecule is CCCCCCC(CCC)CC1=CSC2=NCCN12. The number of nitrogens with zero attached hydrogens (tertiary/aromatic N) is 2. The van der Waals surface area contributed by atoms with Crippen molar-refractivity contribution in [1.29, 1.82) is 0 Å². The van der Waals surface area contributed by atoms with E-state index in [9.17, 15) is 0 Å². The average molecular weight is 280 g/mol. The van der Waals surface area contributed by atoms with E-state index in [2.05, 4.69) is 29.1 Å². The highest BCUT2D eigenvalue weighted by Gasteiger charge is 2.27. The number of thioether (sulfide) groups is 1. The third kappa shape index (κ3) is 4.27. The summed E-state index contributed by atoms with van der Waals surface area (Å²) in [6, 6.07) is 0. The maximum Gasteiger partial charge on any atom is 0.167 e. The van der Waals surface area contributed by atoms with Crippen LogP contribution >= 0.6 is 11.8 Å². The average Bonchev–Trinajstić information content (AvgIpc) is 2.99. The smallest absolute Gasteiger partial charge is 0.167 e. The quantitative estimate of drug-likeness (QED) is 0.551. The van der Waals surface area contributed by atoms with Gasteiger partial charge in [0.1, 0.15) is 0 Å². The van der Waals surface area contributed by atoms with E-state index in [-0.39, 0.29) is 0 Å². The van der Waals surface area contributed by atoms with Gasteiger partial charge in [-0.2, -0.15) is 0 Å². The second-order valence-corrected chi connectivity index (χ2v) is 6.59. The first-order valence-corrected chi connectivity index (χ1v) is 8.90. The Bertz CT molecular complexity index is 336. The number of rotatable bonds is 9. The number of unbranched alkanes of at least 4 members (excludes halogenated alkanes) is 3. The van der Waals surface area contributed by atoms with Gasteiger partial charge in [0.25, 0.3) is 0 Å². The Kier molecular flexibility index (Phi) is 6.29. The molecule has 0 bridgehead atoms. The van der Waals surface area contributed by atoms with Gasteiger partial charge in [-0.15, -0.1) is 0 Å². The zero-order chi connectivity index (χ0) is 13.5. The van der Waals surface area contributed by atoms with Crippen LogP contribution < -0.4 is 0 Å². The van der Waals surface area contributed by atoms with E-state index in [0.29, 0.717) is 0 Å². The Balaban J connectivity index is 1.78. The molecule has 0 spiro atoms. The Labute approximate surface area is 122 Å². The fourth-order valence-electron chi connectivity index (χ4n) is 3.05. The lowest BCUT2D eigenvalue weighted by atomic mass is 9.92. The summed E-state index contributed by atoms with van der Waals surface area (Å²) in [5.41, 5.74) is 1.54. The third-order valence-electron chi connectivity index (χ3n) is 4.11. The third-order valence-corrected chi connectivity index (χ3v) is 5.06. The van der Waals surface area contributed by atoms with E-state index < -0.39 is 0 Å². The van der Waals surface area contributed by atoms with Crippen LogP contribution in [0.3, 0.4) is 0 Å². The molecule has 0 saturated carbocycles. The van der Waals surface area contributed by atoms with Gasteiger partial charge in [0.05, 0.1) is 6.54 Å².